The highest BCUT2D eigenvalue weighted by atomic mass is 79.9. The molecule has 0 fully saturated rings. The molecule has 2 heterocycles. The van der Waals surface area contributed by atoms with Crippen LogP contribution in [0.3, 0.4) is 0 Å². The Morgan fingerprint density at radius 1 is 1.17 bits per heavy atom. The molecule has 0 unspecified atom stereocenters. The van der Waals surface area contributed by atoms with Gasteiger partial charge in [-0.3, -0.25) is 4.79 Å². The van der Waals surface area contributed by atoms with Crippen LogP contribution in [0, 0.1) is 5.82 Å². The van der Waals surface area contributed by atoms with Crippen molar-refractivity contribution < 1.29 is 22.9 Å². The van der Waals surface area contributed by atoms with Crippen LogP contribution in [0.15, 0.2) is 66.7 Å². The Hall–Kier alpha value is -3.60. The molecule has 30 heavy (non-hydrogen) atoms. The molecule has 0 amide bonds. The second-order valence-corrected chi connectivity index (χ2v) is 6.94. The highest BCUT2D eigenvalue weighted by Crippen LogP contribution is 2.20. The number of ether oxygens (including phenoxy) is 1. The third-order valence-corrected chi connectivity index (χ3v) is 4.38. The Labute approximate surface area is 176 Å². The summed E-state index contributed by atoms with van der Waals surface area (Å²) in [5.74, 6) is -1.63. The topological polar surface area (TPSA) is 113 Å². The van der Waals surface area contributed by atoms with E-state index in [-0.39, 0.29) is 18.4 Å². The predicted octanol–water partition coefficient (Wildman–Crippen LogP) is 3.20. The second kappa shape index (κ2) is 8.41. The van der Waals surface area contributed by atoms with E-state index in [1.54, 1.807) is 6.07 Å². The Morgan fingerprint density at radius 3 is 2.73 bits per heavy atom. The van der Waals surface area contributed by atoms with Crippen LogP contribution in [0.25, 0.3) is 22.8 Å². The lowest BCUT2D eigenvalue weighted by molar-refractivity contribution is -0.146. The number of carbonyl (C=O) groups is 1. The third-order valence-electron chi connectivity index (χ3n) is 3.88. The first kappa shape index (κ1) is 19.7. The van der Waals surface area contributed by atoms with E-state index in [0.29, 0.717) is 11.4 Å². The molecule has 0 aliphatic heterocycles. The lowest BCUT2D eigenvalue weighted by Gasteiger charge is -2.00. The van der Waals surface area contributed by atoms with Gasteiger partial charge in [0.05, 0.1) is 0 Å². The van der Waals surface area contributed by atoms with E-state index in [2.05, 4.69) is 31.2 Å². The van der Waals surface area contributed by atoms with E-state index in [1.165, 1.54) is 24.3 Å². The Kier molecular flexibility index (Phi) is 5.53. The summed E-state index contributed by atoms with van der Waals surface area (Å²) in [6.45, 7) is -0.743. The van der Waals surface area contributed by atoms with Gasteiger partial charge >= 0.3 is 11.7 Å². The van der Waals surface area contributed by atoms with Crippen molar-refractivity contribution in [2.24, 2.45) is 0 Å². The Balaban J connectivity index is 1.38. The molecular weight excluding hydrogens is 463 g/mol. The van der Waals surface area contributed by atoms with Crippen LogP contribution in [0.1, 0.15) is 5.89 Å². The van der Waals surface area contributed by atoms with Crippen LogP contribution in [-0.2, 0) is 22.7 Å². The number of aromatic nitrogens is 4. The summed E-state index contributed by atoms with van der Waals surface area (Å²) in [4.78, 5) is 28.1. The molecule has 4 rings (SSSR count). The van der Waals surface area contributed by atoms with Gasteiger partial charge in [0.15, 0.2) is 6.61 Å². The molecule has 11 heteroatoms. The minimum atomic E-state index is -0.846. The van der Waals surface area contributed by atoms with Crippen molar-refractivity contribution in [1.82, 2.24) is 19.9 Å². The number of nitrogens with zero attached hydrogens (tertiary/aromatic N) is 4. The zero-order valence-electron chi connectivity index (χ0n) is 15.1. The van der Waals surface area contributed by atoms with Gasteiger partial charge in [-0.25, -0.2) is 9.18 Å². The maximum absolute atomic E-state index is 13.0. The Morgan fingerprint density at radius 2 is 1.97 bits per heavy atom. The average Bonchev–Trinajstić information content (AvgIpc) is 3.34. The maximum atomic E-state index is 13.0. The van der Waals surface area contributed by atoms with Crippen molar-refractivity contribution in [2.45, 2.75) is 13.2 Å². The molecule has 2 aromatic heterocycles. The smallest absolute Gasteiger partial charge is 0.437 e. The van der Waals surface area contributed by atoms with Crippen molar-refractivity contribution in [3.63, 3.8) is 0 Å². The minimum absolute atomic E-state index is 0.0386. The number of benzene rings is 2. The highest BCUT2D eigenvalue weighted by molar-refractivity contribution is 9.10. The van der Waals surface area contributed by atoms with Crippen LogP contribution in [0.5, 0.6) is 0 Å². The molecule has 4 aromatic rings. The number of esters is 1. The summed E-state index contributed by atoms with van der Waals surface area (Å²) >= 11 is 3.36. The molecule has 0 saturated carbocycles. The molecule has 0 spiro atoms. The molecule has 0 aliphatic rings. The Bertz CT molecular complexity index is 1250. The molecule has 9 nitrogen and oxygen atoms in total. The number of hydrogen-bond acceptors (Lipinski definition) is 8. The quantitative estimate of drug-likeness (QED) is 0.391. The van der Waals surface area contributed by atoms with E-state index < -0.39 is 24.1 Å². The molecule has 0 bridgehead atoms. The fraction of sp³-hybridized carbons (Fsp3) is 0.105. The molecule has 0 N–H and O–H groups in total. The van der Waals surface area contributed by atoms with Crippen molar-refractivity contribution >= 4 is 21.9 Å². The van der Waals surface area contributed by atoms with Gasteiger partial charge in [-0.2, -0.15) is 9.67 Å². The summed E-state index contributed by atoms with van der Waals surface area (Å²) in [5, 5.41) is 7.75. The van der Waals surface area contributed by atoms with Gasteiger partial charge in [0.2, 0.25) is 11.7 Å². The van der Waals surface area contributed by atoms with Crippen molar-refractivity contribution in [3.05, 3.63) is 75.3 Å². The second-order valence-electron chi connectivity index (χ2n) is 6.02. The normalized spacial score (nSPS) is 10.9. The van der Waals surface area contributed by atoms with E-state index in [1.807, 2.05) is 18.2 Å². The predicted molar refractivity (Wildman–Crippen MR) is 103 cm³/mol. The lowest BCUT2D eigenvalue weighted by Crippen LogP contribution is -2.23. The fourth-order valence-electron chi connectivity index (χ4n) is 2.48. The van der Waals surface area contributed by atoms with Gasteiger partial charge in [0, 0.05) is 15.6 Å². The summed E-state index contributed by atoms with van der Waals surface area (Å²) < 4.78 is 29.8. The van der Waals surface area contributed by atoms with E-state index >= 15 is 0 Å². The van der Waals surface area contributed by atoms with E-state index in [0.717, 1.165) is 14.7 Å². The van der Waals surface area contributed by atoms with Crippen molar-refractivity contribution in [2.75, 3.05) is 0 Å². The van der Waals surface area contributed by atoms with Gasteiger partial charge < -0.3 is 13.7 Å². The van der Waals surface area contributed by atoms with E-state index in [9.17, 15) is 14.0 Å². The largest absolute Gasteiger partial charge is 0.454 e. The number of halogens is 2. The van der Waals surface area contributed by atoms with E-state index in [4.69, 9.17) is 13.7 Å². The minimum Gasteiger partial charge on any atom is -0.454 e. The third kappa shape index (κ3) is 4.51. The molecule has 0 saturated heterocycles. The molecule has 2 aromatic carbocycles. The number of hydrogen-bond donors (Lipinski definition) is 0. The first-order valence-corrected chi connectivity index (χ1v) is 9.35. The summed E-state index contributed by atoms with van der Waals surface area (Å²) in [6.07, 6.45) is 0. The first-order chi connectivity index (χ1) is 14.5. The highest BCUT2D eigenvalue weighted by Gasteiger charge is 2.16. The summed E-state index contributed by atoms with van der Waals surface area (Å²) in [5.41, 5.74) is 1.12. The van der Waals surface area contributed by atoms with Crippen LogP contribution < -0.4 is 5.76 Å². The van der Waals surface area contributed by atoms with Gasteiger partial charge in [0.25, 0.3) is 5.89 Å². The van der Waals surface area contributed by atoms with Gasteiger partial charge in [-0.1, -0.05) is 33.2 Å². The number of carbonyl (C=O) groups excluding carboxylic acids is 1. The van der Waals surface area contributed by atoms with Crippen LogP contribution in [-0.4, -0.2) is 25.9 Å². The SMILES string of the molecule is O=C(Cn1nc(-c2ccc(F)cc2)oc1=O)OCc1nc(-c2cccc(Br)c2)no1. The standard InChI is InChI=1S/C19H12BrFN4O5/c20-13-3-1-2-12(8-13)17-22-15(30-24-17)10-28-16(26)9-25-19(27)29-18(23-25)11-4-6-14(21)7-5-11/h1-8H,9-10H2. The van der Waals surface area contributed by atoms with Gasteiger partial charge in [-0.15, -0.1) is 5.10 Å². The molecule has 0 atom stereocenters. The summed E-state index contributed by atoms with van der Waals surface area (Å²) in [7, 11) is 0. The lowest BCUT2D eigenvalue weighted by atomic mass is 10.2. The van der Waals surface area contributed by atoms with Gasteiger partial charge in [0.1, 0.15) is 12.4 Å². The molecular formula is C19H12BrFN4O5. The summed E-state index contributed by atoms with van der Waals surface area (Å²) in [6, 6.07) is 12.5. The van der Waals surface area contributed by atoms with Crippen molar-refractivity contribution in [1.29, 1.82) is 0 Å². The maximum Gasteiger partial charge on any atom is 0.437 e. The molecule has 0 aliphatic carbocycles. The van der Waals surface area contributed by atoms with Crippen LogP contribution >= 0.6 is 15.9 Å². The number of rotatable bonds is 6. The van der Waals surface area contributed by atoms with Crippen LogP contribution in [0.4, 0.5) is 4.39 Å². The average molecular weight is 475 g/mol. The van der Waals surface area contributed by atoms with Crippen molar-refractivity contribution in [3.8, 4) is 22.8 Å². The zero-order valence-corrected chi connectivity index (χ0v) is 16.7. The molecule has 0 radical (unpaired) electrons. The van der Waals surface area contributed by atoms with Gasteiger partial charge in [-0.05, 0) is 36.4 Å². The first-order valence-electron chi connectivity index (χ1n) is 8.56. The fourth-order valence-corrected chi connectivity index (χ4v) is 2.88. The molecule has 152 valence electrons. The monoisotopic (exact) mass is 474 g/mol. The zero-order chi connectivity index (χ0) is 21.1. The van der Waals surface area contributed by atoms with Crippen LogP contribution in [0.2, 0.25) is 0 Å².